The summed E-state index contributed by atoms with van der Waals surface area (Å²) in [4.78, 5) is 13.1. The third-order valence-electron chi connectivity index (χ3n) is 9.48. The Morgan fingerprint density at radius 3 is 2.37 bits per heavy atom. The number of fused-ring (bicyclic) bond motifs is 2. The molecule has 2 N–H and O–H groups in total. The average molecular weight is 602 g/mol. The molecule has 0 heterocycles. The summed E-state index contributed by atoms with van der Waals surface area (Å²) in [7, 11) is 0. The van der Waals surface area contributed by atoms with Crippen LogP contribution in [0.1, 0.15) is 123 Å². The number of hydrogen-bond donors (Lipinski definition) is 3. The number of aryl methyl sites for hydroxylation is 2. The van der Waals surface area contributed by atoms with Gasteiger partial charge in [0.2, 0.25) is 0 Å². The zero-order valence-corrected chi connectivity index (χ0v) is 28.1. The van der Waals surface area contributed by atoms with Crippen LogP contribution in [0, 0.1) is 11.8 Å². The lowest BCUT2D eigenvalue weighted by Gasteiger charge is -2.25. The van der Waals surface area contributed by atoms with Crippen LogP contribution in [0.5, 0.6) is 0 Å². The maximum absolute atomic E-state index is 13.1. The largest absolute Gasteiger partial charge is 0.333 e. The minimum atomic E-state index is 0.304. The molecule has 4 atom stereocenters. The number of ketones is 1. The van der Waals surface area contributed by atoms with Crippen molar-refractivity contribution in [1.29, 1.82) is 0 Å². The highest BCUT2D eigenvalue weighted by molar-refractivity contribution is 7.74. The van der Waals surface area contributed by atoms with Gasteiger partial charge in [0.05, 0.1) is 0 Å². The molecule has 5 rings (SSSR count). The molecule has 4 heteroatoms. The van der Waals surface area contributed by atoms with Crippen molar-refractivity contribution in [3.8, 4) is 0 Å². The van der Waals surface area contributed by atoms with Crippen LogP contribution in [-0.4, -0.2) is 16.4 Å². The molecule has 3 unspecified atom stereocenters. The number of carbonyl (C=O) groups is 1. The maximum atomic E-state index is 13.1. The van der Waals surface area contributed by atoms with Crippen molar-refractivity contribution in [3.63, 3.8) is 0 Å². The van der Waals surface area contributed by atoms with Crippen LogP contribution in [0.4, 0.5) is 0 Å². The lowest BCUT2D eigenvalue weighted by Crippen LogP contribution is -2.31. The van der Waals surface area contributed by atoms with Crippen LogP contribution in [0.3, 0.4) is 0 Å². The fourth-order valence-corrected chi connectivity index (χ4v) is 6.81. The normalized spacial score (nSPS) is 19.2. The number of rotatable bonds is 12. The van der Waals surface area contributed by atoms with Gasteiger partial charge in [0.25, 0.3) is 0 Å². The Bertz CT molecular complexity index is 1250. The molecule has 0 bridgehead atoms. The van der Waals surface area contributed by atoms with E-state index in [1.165, 1.54) is 59.1 Å². The molecule has 0 radical (unpaired) electrons. The van der Waals surface area contributed by atoms with Crippen molar-refractivity contribution in [2.45, 2.75) is 117 Å². The van der Waals surface area contributed by atoms with Gasteiger partial charge in [-0.3, -0.25) is 4.79 Å². The summed E-state index contributed by atoms with van der Waals surface area (Å²) in [5.74, 6) is 2.10. The maximum Gasteiger partial charge on any atom is 0.163 e. The van der Waals surface area contributed by atoms with Gasteiger partial charge in [0.15, 0.2) is 5.78 Å². The van der Waals surface area contributed by atoms with Gasteiger partial charge in [-0.2, -0.15) is 0 Å². The van der Waals surface area contributed by atoms with Crippen molar-refractivity contribution in [3.05, 3.63) is 106 Å². The number of Topliss-reactive ketones (excluding diaryl/α,β-unsaturated/α-hetero) is 1. The Balaban J connectivity index is 0.00000121. The average Bonchev–Trinajstić information content (AvgIpc) is 3.38. The Morgan fingerprint density at radius 1 is 0.930 bits per heavy atom. The molecule has 234 valence electrons. The topological polar surface area (TPSA) is 49.3 Å². The highest BCUT2D eigenvalue weighted by Crippen LogP contribution is 2.33. The molecule has 43 heavy (non-hydrogen) atoms. The summed E-state index contributed by atoms with van der Waals surface area (Å²) in [6, 6.07) is 24.9. The molecule has 0 saturated carbocycles. The predicted octanol–water partition coefficient (Wildman–Crippen LogP) is 10.1. The summed E-state index contributed by atoms with van der Waals surface area (Å²) in [6.45, 7) is 11.9. The number of carbonyl (C=O) groups excluding carboxylic acids is 1. The molecule has 0 amide bonds. The van der Waals surface area contributed by atoms with Crippen molar-refractivity contribution in [2.24, 2.45) is 11.8 Å². The Morgan fingerprint density at radius 2 is 1.65 bits per heavy atom. The Hall–Kier alpha value is -2.40. The van der Waals surface area contributed by atoms with E-state index in [-0.39, 0.29) is 0 Å². The molecular weight excluding hydrogens is 547 g/mol. The van der Waals surface area contributed by atoms with E-state index in [4.69, 9.17) is 4.55 Å². The van der Waals surface area contributed by atoms with Crippen molar-refractivity contribution >= 4 is 18.7 Å². The van der Waals surface area contributed by atoms with Crippen LogP contribution < -0.4 is 5.32 Å². The van der Waals surface area contributed by atoms with Crippen LogP contribution in [0.25, 0.3) is 0 Å². The second kappa shape index (κ2) is 18.4. The van der Waals surface area contributed by atoms with E-state index in [1.54, 1.807) is 0 Å². The Kier molecular flexibility index (Phi) is 15.0. The molecule has 0 saturated heterocycles. The summed E-state index contributed by atoms with van der Waals surface area (Å²) in [5, 5.41) is 3.83. The van der Waals surface area contributed by atoms with Gasteiger partial charge in [-0.05, 0) is 103 Å². The van der Waals surface area contributed by atoms with E-state index < -0.39 is 0 Å². The van der Waals surface area contributed by atoms with Gasteiger partial charge in [-0.15, -0.1) is 0 Å². The molecule has 3 aromatic rings. The van der Waals surface area contributed by atoms with Crippen molar-refractivity contribution < 1.29 is 9.35 Å². The molecule has 0 spiro atoms. The van der Waals surface area contributed by atoms with Gasteiger partial charge in [0.1, 0.15) is 0 Å². The van der Waals surface area contributed by atoms with Gasteiger partial charge < -0.3 is 9.87 Å². The number of unbranched alkanes of at least 4 members (excludes halogenated alkanes) is 1. The summed E-state index contributed by atoms with van der Waals surface area (Å²) in [6.07, 6.45) is 11.3. The van der Waals surface area contributed by atoms with E-state index in [0.29, 0.717) is 30.1 Å². The number of nitrogens with one attached hydrogen (secondary N) is 1. The van der Waals surface area contributed by atoms with Crippen molar-refractivity contribution in [2.75, 3.05) is 0 Å². The second-order valence-corrected chi connectivity index (χ2v) is 12.5. The van der Waals surface area contributed by atoms with Gasteiger partial charge in [-0.1, -0.05) is 121 Å². The van der Waals surface area contributed by atoms with Gasteiger partial charge in [-0.25, -0.2) is 0 Å². The van der Waals surface area contributed by atoms with E-state index in [9.17, 15) is 4.79 Å². The first-order valence-corrected chi connectivity index (χ1v) is 17.1. The number of benzene rings is 3. The standard InChI is InChI=1S/C37H47NO.C2H6.H2OS/c1-4-5-8-26(2)11-12-28-13-17-31(18-14-28)37(39)23-29-15-19-33-22-30(16-20-32(33)21-29)25-38-36-24-34-9-6-7-10-35(34)27(36)3;2*1-2/h6-7,9-10,13-14,16-18,20,22,26-27,29,36,38H,4-5,8,11-12,15,19,21,23-25H2,1-3H3;1-2H3;1-2H/t26?,27-,29?,36?;;/m1../s1. The SMILES string of the molecule is CC.CCCCC(C)CCc1ccc(C(=O)CC2CCc3cc(CNC4Cc5ccccc5[C@H]4C)ccc3C2)cc1.OS. The quantitative estimate of drug-likeness (QED) is 0.110. The third kappa shape index (κ3) is 10.1. The third-order valence-corrected chi connectivity index (χ3v) is 9.48. The van der Waals surface area contributed by atoms with Gasteiger partial charge >= 0.3 is 0 Å². The fraction of sp³-hybridized carbons (Fsp3) is 0.513. The highest BCUT2D eigenvalue weighted by Gasteiger charge is 2.28. The summed E-state index contributed by atoms with van der Waals surface area (Å²) >= 11 is 2.53. The van der Waals surface area contributed by atoms with E-state index >= 15 is 0 Å². The van der Waals surface area contributed by atoms with Crippen molar-refractivity contribution in [1.82, 2.24) is 5.32 Å². The lowest BCUT2D eigenvalue weighted by molar-refractivity contribution is 0.0957. The fourth-order valence-electron chi connectivity index (χ4n) is 6.81. The molecule has 0 aliphatic heterocycles. The minimum absolute atomic E-state index is 0.304. The minimum Gasteiger partial charge on any atom is -0.333 e. The predicted molar refractivity (Wildman–Crippen MR) is 187 cm³/mol. The van der Waals surface area contributed by atoms with Crippen LogP contribution in [0.2, 0.25) is 0 Å². The molecule has 0 fully saturated rings. The lowest BCUT2D eigenvalue weighted by atomic mass is 9.80. The molecule has 3 nitrogen and oxygen atoms in total. The zero-order chi connectivity index (χ0) is 31.2. The van der Waals surface area contributed by atoms with E-state index in [0.717, 1.165) is 50.1 Å². The summed E-state index contributed by atoms with van der Waals surface area (Å²) < 4.78 is 6.69. The van der Waals surface area contributed by atoms with Crippen LogP contribution >= 0.6 is 12.9 Å². The van der Waals surface area contributed by atoms with Gasteiger partial charge in [0, 0.05) is 24.6 Å². The van der Waals surface area contributed by atoms with E-state index in [1.807, 2.05) is 13.8 Å². The highest BCUT2D eigenvalue weighted by atomic mass is 32.1. The molecular formula is C39H55NO2S. The first-order valence-electron chi connectivity index (χ1n) is 16.7. The Labute approximate surface area is 267 Å². The number of hydrogen-bond acceptors (Lipinski definition) is 4. The summed E-state index contributed by atoms with van der Waals surface area (Å²) in [5.41, 5.74) is 9.55. The monoisotopic (exact) mass is 601 g/mol. The first kappa shape index (κ1) is 35.1. The first-order chi connectivity index (χ1) is 21.0. The molecule has 2 aliphatic rings. The second-order valence-electron chi connectivity index (χ2n) is 12.5. The smallest absolute Gasteiger partial charge is 0.163 e. The number of thiol groups is 1. The van der Waals surface area contributed by atoms with E-state index in [2.05, 4.69) is 106 Å². The molecule has 0 aromatic heterocycles. The molecule has 3 aromatic carbocycles. The molecule has 2 aliphatic carbocycles. The zero-order valence-electron chi connectivity index (χ0n) is 27.2. The van der Waals surface area contributed by atoms with Crippen LogP contribution in [0.15, 0.2) is 66.7 Å². The van der Waals surface area contributed by atoms with Crippen LogP contribution in [-0.2, 0) is 32.2 Å².